The molecule has 0 atom stereocenters. The molecule has 0 amide bonds. The highest BCUT2D eigenvalue weighted by Gasteiger charge is 2.32. The number of hydrogen-bond donors (Lipinski definition) is 0. The first-order valence-electron chi connectivity index (χ1n) is 3.60. The van der Waals surface area contributed by atoms with E-state index in [0.29, 0.717) is 0 Å². The molecule has 0 bridgehead atoms. The average Bonchev–Trinajstić information content (AvgIpc) is 1.83. The first-order valence-corrected chi connectivity index (χ1v) is 5.32. The van der Waals surface area contributed by atoms with Gasteiger partial charge in [-0.2, -0.15) is 8.78 Å². The summed E-state index contributed by atoms with van der Waals surface area (Å²) in [5, 5.41) is 0. The van der Waals surface area contributed by atoms with E-state index in [1.165, 1.54) is 20.8 Å². The molecule has 0 aromatic carbocycles. The van der Waals surface area contributed by atoms with Crippen molar-refractivity contribution in [2.24, 2.45) is 5.41 Å². The molecule has 0 saturated carbocycles. The Morgan fingerprint density at radius 1 is 1.31 bits per heavy atom. The summed E-state index contributed by atoms with van der Waals surface area (Å²) in [6.45, 7) is 4.45. The third-order valence-corrected chi connectivity index (χ3v) is 2.65. The molecule has 78 valence electrons. The van der Waals surface area contributed by atoms with E-state index in [0.717, 1.165) is 0 Å². The molecule has 6 heteroatoms. The number of hydrogen-bond acceptors (Lipinski definition) is 3. The summed E-state index contributed by atoms with van der Waals surface area (Å²) in [7, 11) is -4.56. The van der Waals surface area contributed by atoms with Crippen LogP contribution in [0.15, 0.2) is 0 Å². The van der Waals surface area contributed by atoms with Crippen LogP contribution in [0.4, 0.5) is 8.78 Å². The molecule has 0 spiro atoms. The molecule has 0 unspecified atom stereocenters. The van der Waals surface area contributed by atoms with Gasteiger partial charge in [0.05, 0.1) is 0 Å². The number of Topliss-reactive ketones (excluding diaryl/α,β-unsaturated/α-hetero) is 1. The monoisotopic (exact) mass is 214 g/mol. The smallest absolute Gasteiger partial charge is 0.298 e. The zero-order valence-corrected chi connectivity index (χ0v) is 8.49. The van der Waals surface area contributed by atoms with Crippen LogP contribution >= 0.6 is 0 Å². The van der Waals surface area contributed by atoms with Crippen molar-refractivity contribution in [3.8, 4) is 0 Å². The number of carbonyl (C=O) groups excluding carboxylic acids is 1. The van der Waals surface area contributed by atoms with Gasteiger partial charge in [0, 0.05) is 5.41 Å². The summed E-state index contributed by atoms with van der Waals surface area (Å²) < 4.78 is 44.9. The molecule has 3 nitrogen and oxygen atoms in total. The van der Waals surface area contributed by atoms with Crippen molar-refractivity contribution >= 4 is 15.6 Å². The van der Waals surface area contributed by atoms with Gasteiger partial charge in [0.25, 0.3) is 0 Å². The number of halogens is 2. The molecule has 0 saturated heterocycles. The first kappa shape index (κ1) is 12.5. The summed E-state index contributed by atoms with van der Waals surface area (Å²) >= 11 is 0. The summed E-state index contributed by atoms with van der Waals surface area (Å²) in [6, 6.07) is 0. The van der Waals surface area contributed by atoms with E-state index in [2.05, 4.69) is 0 Å². The van der Waals surface area contributed by atoms with Gasteiger partial charge in [-0.1, -0.05) is 20.8 Å². The van der Waals surface area contributed by atoms with Crippen LogP contribution in [0.1, 0.15) is 20.8 Å². The fraction of sp³-hybridized carbons (Fsp3) is 0.857. The van der Waals surface area contributed by atoms with E-state index in [1.807, 2.05) is 0 Å². The Hall–Kier alpha value is -0.520. The Balaban J connectivity index is 4.58. The van der Waals surface area contributed by atoms with Gasteiger partial charge in [0.2, 0.25) is 9.84 Å². The topological polar surface area (TPSA) is 51.2 Å². The number of sulfone groups is 1. The predicted octanol–water partition coefficient (Wildman–Crippen LogP) is 1.24. The maximum atomic E-state index is 11.8. The van der Waals surface area contributed by atoms with Crippen molar-refractivity contribution in [3.05, 3.63) is 0 Å². The van der Waals surface area contributed by atoms with E-state index in [4.69, 9.17) is 0 Å². The largest absolute Gasteiger partial charge is 0.337 e. The molecule has 0 aromatic rings. The van der Waals surface area contributed by atoms with E-state index >= 15 is 0 Å². The minimum atomic E-state index is -4.56. The van der Waals surface area contributed by atoms with E-state index in [1.54, 1.807) is 0 Å². The lowest BCUT2D eigenvalue weighted by atomic mass is 9.92. The minimum Gasteiger partial charge on any atom is -0.298 e. The summed E-state index contributed by atoms with van der Waals surface area (Å²) in [5.74, 6) is -5.26. The Morgan fingerprint density at radius 3 is 1.92 bits per heavy atom. The zero-order chi connectivity index (χ0) is 10.9. The second-order valence-electron chi connectivity index (χ2n) is 3.74. The summed E-state index contributed by atoms with van der Waals surface area (Å²) in [4.78, 5) is 11.1. The zero-order valence-electron chi connectivity index (χ0n) is 7.67. The molecular weight excluding hydrogens is 202 g/mol. The molecule has 0 aliphatic rings. The number of alkyl halides is 2. The Morgan fingerprint density at radius 2 is 1.69 bits per heavy atom. The second-order valence-corrected chi connectivity index (χ2v) is 5.71. The lowest BCUT2D eigenvalue weighted by Crippen LogP contribution is -2.30. The lowest BCUT2D eigenvalue weighted by molar-refractivity contribution is -0.123. The van der Waals surface area contributed by atoms with Gasteiger partial charge in [0.1, 0.15) is 5.75 Å². The first-order chi connectivity index (χ1) is 5.57. The highest BCUT2D eigenvalue weighted by molar-refractivity contribution is 7.92. The fourth-order valence-electron chi connectivity index (χ4n) is 0.462. The molecule has 0 heterocycles. The van der Waals surface area contributed by atoms with Crippen LogP contribution in [0.2, 0.25) is 0 Å². The highest BCUT2D eigenvalue weighted by Crippen LogP contribution is 2.17. The predicted molar refractivity (Wildman–Crippen MR) is 44.3 cm³/mol. The third-order valence-electron chi connectivity index (χ3n) is 1.44. The molecule has 0 aliphatic heterocycles. The SMILES string of the molecule is CC(C)(C)C(=O)CS(=O)(=O)C(F)F. The van der Waals surface area contributed by atoms with Crippen LogP contribution in [0.3, 0.4) is 0 Å². The van der Waals surface area contributed by atoms with Crippen molar-refractivity contribution < 1.29 is 22.0 Å². The van der Waals surface area contributed by atoms with Crippen LogP contribution in [0, 0.1) is 5.41 Å². The Kier molecular flexibility index (Phi) is 3.54. The lowest BCUT2D eigenvalue weighted by Gasteiger charge is -2.15. The van der Waals surface area contributed by atoms with Crippen LogP contribution in [0.25, 0.3) is 0 Å². The average molecular weight is 214 g/mol. The van der Waals surface area contributed by atoms with Crippen LogP contribution < -0.4 is 0 Å². The van der Waals surface area contributed by atoms with Crippen molar-refractivity contribution in [2.75, 3.05) is 5.75 Å². The highest BCUT2D eigenvalue weighted by atomic mass is 32.2. The van der Waals surface area contributed by atoms with Gasteiger partial charge in [-0.05, 0) is 0 Å². The van der Waals surface area contributed by atoms with Crippen LogP contribution in [-0.4, -0.2) is 25.7 Å². The van der Waals surface area contributed by atoms with E-state index in [-0.39, 0.29) is 0 Å². The van der Waals surface area contributed by atoms with Crippen molar-refractivity contribution in [1.82, 2.24) is 0 Å². The molecule has 0 aromatic heterocycles. The van der Waals surface area contributed by atoms with Crippen molar-refractivity contribution in [2.45, 2.75) is 26.5 Å². The summed E-state index contributed by atoms with van der Waals surface area (Å²) in [6.07, 6.45) is 0. The quantitative estimate of drug-likeness (QED) is 0.710. The number of rotatable bonds is 3. The third kappa shape index (κ3) is 3.80. The Labute approximate surface area is 76.0 Å². The van der Waals surface area contributed by atoms with Crippen LogP contribution in [-0.2, 0) is 14.6 Å². The molecule has 0 rings (SSSR count). The van der Waals surface area contributed by atoms with Crippen molar-refractivity contribution in [1.29, 1.82) is 0 Å². The van der Waals surface area contributed by atoms with Gasteiger partial charge in [-0.15, -0.1) is 0 Å². The van der Waals surface area contributed by atoms with Crippen LogP contribution in [0.5, 0.6) is 0 Å². The number of ketones is 1. The number of carbonyl (C=O) groups is 1. The van der Waals surface area contributed by atoms with Gasteiger partial charge in [-0.25, -0.2) is 8.42 Å². The van der Waals surface area contributed by atoms with E-state index in [9.17, 15) is 22.0 Å². The molecule has 0 radical (unpaired) electrons. The van der Waals surface area contributed by atoms with E-state index < -0.39 is 32.5 Å². The fourth-order valence-corrected chi connectivity index (χ4v) is 1.39. The maximum absolute atomic E-state index is 11.8. The van der Waals surface area contributed by atoms with Gasteiger partial charge in [0.15, 0.2) is 5.78 Å². The van der Waals surface area contributed by atoms with Gasteiger partial charge >= 0.3 is 5.76 Å². The molecule has 13 heavy (non-hydrogen) atoms. The second kappa shape index (κ2) is 3.69. The molecule has 0 N–H and O–H groups in total. The normalized spacial score (nSPS) is 13.4. The Bertz CT molecular complexity index is 287. The molecule has 0 fully saturated rings. The van der Waals surface area contributed by atoms with Gasteiger partial charge < -0.3 is 0 Å². The molecule has 0 aliphatic carbocycles. The van der Waals surface area contributed by atoms with Gasteiger partial charge in [-0.3, -0.25) is 4.79 Å². The van der Waals surface area contributed by atoms with Crippen molar-refractivity contribution in [3.63, 3.8) is 0 Å². The maximum Gasteiger partial charge on any atom is 0.337 e. The summed E-state index contributed by atoms with van der Waals surface area (Å²) in [5.41, 5.74) is -0.901. The minimum absolute atomic E-state index is 0.701. The molecular formula is C7H12F2O3S. The standard InChI is InChI=1S/C7H12F2O3S/c1-7(2,3)5(10)4-13(11,12)6(8)9/h6H,4H2,1-3H3.